The predicted molar refractivity (Wildman–Crippen MR) is 144 cm³/mol. The second-order valence-electron chi connectivity index (χ2n) is 9.32. The molecular formula is C27H51FeN3O6. The first-order valence-corrected chi connectivity index (χ1v) is 12.9. The van der Waals surface area contributed by atoms with Crippen molar-refractivity contribution < 1.29 is 45.8 Å². The largest absolute Gasteiger partial charge is 0.348 e. The summed E-state index contributed by atoms with van der Waals surface area (Å²) in [5.41, 5.74) is 0. The van der Waals surface area contributed by atoms with Crippen LogP contribution in [0.2, 0.25) is 0 Å². The molecule has 3 amide bonds. The van der Waals surface area contributed by atoms with Crippen LogP contribution in [0.25, 0.3) is 0 Å². The maximum Gasteiger partial charge on any atom is 0.229 e. The predicted octanol–water partition coefficient (Wildman–Crippen LogP) is 3.67. The Labute approximate surface area is 235 Å². The maximum atomic E-state index is 11.1. The third-order valence-electron chi connectivity index (χ3n) is 4.97. The third-order valence-corrected chi connectivity index (χ3v) is 4.97. The number of carbonyl (C=O) groups excluding carboxylic acids is 6. The van der Waals surface area contributed by atoms with Crippen LogP contribution in [0.15, 0.2) is 0 Å². The topological polar surface area (TPSA) is 112 Å². The summed E-state index contributed by atoms with van der Waals surface area (Å²) in [5.74, 6) is -0.148. The van der Waals surface area contributed by atoms with Crippen LogP contribution in [-0.4, -0.2) is 92.1 Å². The molecule has 0 rings (SSSR count). The first-order chi connectivity index (χ1) is 16.7. The van der Waals surface area contributed by atoms with Gasteiger partial charge in [-0.15, -0.1) is 0 Å². The fourth-order valence-corrected chi connectivity index (χ4v) is 2.37. The van der Waals surface area contributed by atoms with Crippen LogP contribution < -0.4 is 0 Å². The average Bonchev–Trinajstić information content (AvgIpc) is 2.80. The van der Waals surface area contributed by atoms with E-state index < -0.39 is 0 Å². The molecular weight excluding hydrogens is 518 g/mol. The van der Waals surface area contributed by atoms with Crippen molar-refractivity contribution in [2.24, 2.45) is 0 Å². The Bertz CT molecular complexity index is 589. The standard InChI is InChI=1S/3C9H17NO2.Fe/c3*1-4-5-6-8(11)7-9(12)10(2)3;/h3*4-7H2,1-3H3;. The Morgan fingerprint density at radius 3 is 0.757 bits per heavy atom. The van der Waals surface area contributed by atoms with E-state index in [4.69, 9.17) is 0 Å². The van der Waals surface area contributed by atoms with E-state index in [2.05, 4.69) is 0 Å². The van der Waals surface area contributed by atoms with Gasteiger partial charge in [-0.25, -0.2) is 0 Å². The molecule has 0 bridgehead atoms. The van der Waals surface area contributed by atoms with Gasteiger partial charge in [-0.05, 0) is 19.3 Å². The van der Waals surface area contributed by atoms with E-state index in [1.165, 1.54) is 14.7 Å². The molecule has 0 aliphatic rings. The molecule has 0 aromatic carbocycles. The molecule has 9 nitrogen and oxygen atoms in total. The molecule has 0 fully saturated rings. The molecule has 0 unspecified atom stereocenters. The number of Topliss-reactive ketones (excluding diaryl/α,β-unsaturated/α-hetero) is 3. The molecule has 0 saturated carbocycles. The van der Waals surface area contributed by atoms with Crippen molar-refractivity contribution in [2.75, 3.05) is 42.3 Å². The van der Waals surface area contributed by atoms with E-state index in [0.717, 1.165) is 38.5 Å². The number of hydrogen-bond acceptors (Lipinski definition) is 6. The minimum Gasteiger partial charge on any atom is -0.348 e. The Morgan fingerprint density at radius 2 is 0.622 bits per heavy atom. The molecule has 0 spiro atoms. The summed E-state index contributed by atoms with van der Waals surface area (Å²) in [6, 6.07) is 0. The monoisotopic (exact) mass is 569 g/mol. The summed E-state index contributed by atoms with van der Waals surface area (Å²) in [4.78, 5) is 70.6. The molecule has 0 aliphatic heterocycles. The van der Waals surface area contributed by atoms with Crippen LogP contribution >= 0.6 is 0 Å². The van der Waals surface area contributed by atoms with Crippen LogP contribution in [0.4, 0.5) is 0 Å². The molecule has 218 valence electrons. The number of hydrogen-bond donors (Lipinski definition) is 0. The molecule has 0 aliphatic carbocycles. The van der Waals surface area contributed by atoms with Crippen molar-refractivity contribution in [3.8, 4) is 0 Å². The van der Waals surface area contributed by atoms with E-state index in [1.54, 1.807) is 42.3 Å². The number of amides is 3. The van der Waals surface area contributed by atoms with Gasteiger partial charge >= 0.3 is 0 Å². The van der Waals surface area contributed by atoms with E-state index in [0.29, 0.717) is 19.3 Å². The Hall–Kier alpha value is -2.06. The zero-order chi connectivity index (χ0) is 28.7. The summed E-state index contributed by atoms with van der Waals surface area (Å²) in [6.07, 6.45) is 7.47. The van der Waals surface area contributed by atoms with E-state index in [-0.39, 0.29) is 71.4 Å². The van der Waals surface area contributed by atoms with Gasteiger partial charge in [0.15, 0.2) is 0 Å². The molecule has 10 heteroatoms. The van der Waals surface area contributed by atoms with E-state index in [9.17, 15) is 28.8 Å². The van der Waals surface area contributed by atoms with Gasteiger partial charge in [0.2, 0.25) is 17.7 Å². The van der Waals surface area contributed by atoms with Crippen LogP contribution in [0, 0.1) is 0 Å². The summed E-state index contributed by atoms with van der Waals surface area (Å²) in [6.45, 7) is 6.09. The molecule has 0 atom stereocenters. The van der Waals surface area contributed by atoms with Crippen molar-refractivity contribution in [3.63, 3.8) is 0 Å². The first kappa shape index (κ1) is 42.0. The number of rotatable bonds is 15. The Balaban J connectivity index is -0.000000218. The molecule has 0 aromatic heterocycles. The summed E-state index contributed by atoms with van der Waals surface area (Å²) in [5, 5.41) is 0. The van der Waals surface area contributed by atoms with Crippen molar-refractivity contribution in [1.82, 2.24) is 14.7 Å². The molecule has 37 heavy (non-hydrogen) atoms. The Morgan fingerprint density at radius 1 is 0.432 bits per heavy atom. The minimum atomic E-state index is -0.101. The smallest absolute Gasteiger partial charge is 0.229 e. The van der Waals surface area contributed by atoms with Gasteiger partial charge < -0.3 is 14.7 Å². The van der Waals surface area contributed by atoms with E-state index in [1.807, 2.05) is 20.8 Å². The van der Waals surface area contributed by atoms with Gasteiger partial charge in [0, 0.05) is 78.6 Å². The number of carbonyl (C=O) groups is 6. The summed E-state index contributed by atoms with van der Waals surface area (Å²) in [7, 11) is 9.97. The van der Waals surface area contributed by atoms with Gasteiger partial charge in [-0.1, -0.05) is 40.0 Å². The summed E-state index contributed by atoms with van der Waals surface area (Å²) < 4.78 is 0. The zero-order valence-electron chi connectivity index (χ0n) is 24.6. The zero-order valence-corrected chi connectivity index (χ0v) is 25.7. The van der Waals surface area contributed by atoms with Crippen LogP contribution in [0.5, 0.6) is 0 Å². The van der Waals surface area contributed by atoms with Gasteiger partial charge in [0.25, 0.3) is 0 Å². The van der Waals surface area contributed by atoms with Crippen molar-refractivity contribution in [1.29, 1.82) is 0 Å². The van der Waals surface area contributed by atoms with Crippen LogP contribution in [-0.2, 0) is 45.8 Å². The SMILES string of the molecule is CCCCC(=O)CC(=O)N(C)C.CCCCC(=O)CC(=O)N(C)C.CCCCC(=O)CC(=O)N(C)C.[Fe]. The minimum absolute atomic E-state index is 0. The van der Waals surface area contributed by atoms with Gasteiger partial charge in [-0.3, -0.25) is 28.8 Å². The van der Waals surface area contributed by atoms with Crippen LogP contribution in [0.3, 0.4) is 0 Å². The number of nitrogens with zero attached hydrogens (tertiary/aromatic N) is 3. The van der Waals surface area contributed by atoms with Gasteiger partial charge in [-0.2, -0.15) is 0 Å². The molecule has 0 radical (unpaired) electrons. The van der Waals surface area contributed by atoms with Gasteiger partial charge in [0.05, 0.1) is 19.3 Å². The fourth-order valence-electron chi connectivity index (χ4n) is 2.37. The summed E-state index contributed by atoms with van der Waals surface area (Å²) >= 11 is 0. The Kier molecular flexibility index (Phi) is 30.7. The fraction of sp³-hybridized carbons (Fsp3) is 0.778. The van der Waals surface area contributed by atoms with Crippen molar-refractivity contribution in [2.45, 2.75) is 97.8 Å². The maximum absolute atomic E-state index is 11.1. The number of ketones is 3. The second kappa shape index (κ2) is 27.0. The quantitative estimate of drug-likeness (QED) is 0.220. The molecule has 0 N–H and O–H groups in total. The third kappa shape index (κ3) is 30.1. The van der Waals surface area contributed by atoms with E-state index >= 15 is 0 Å². The molecule has 0 heterocycles. The molecule has 0 saturated heterocycles. The normalized spacial score (nSPS) is 9.32. The molecule has 0 aromatic rings. The second-order valence-corrected chi connectivity index (χ2v) is 9.32. The number of unbranched alkanes of at least 4 members (excludes halogenated alkanes) is 3. The van der Waals surface area contributed by atoms with Crippen molar-refractivity contribution >= 4 is 35.1 Å². The van der Waals surface area contributed by atoms with Gasteiger partial charge in [0.1, 0.15) is 17.3 Å². The van der Waals surface area contributed by atoms with Crippen LogP contribution in [0.1, 0.15) is 97.8 Å². The average molecular weight is 570 g/mol. The van der Waals surface area contributed by atoms with Crippen molar-refractivity contribution in [3.05, 3.63) is 0 Å². The first-order valence-electron chi connectivity index (χ1n) is 12.9.